The fraction of sp³-hybridized carbons (Fsp3) is 0.211. The Labute approximate surface area is 166 Å². The Morgan fingerprint density at radius 2 is 1.93 bits per heavy atom. The van der Waals surface area contributed by atoms with Crippen molar-refractivity contribution in [2.45, 2.75) is 26.9 Å². The number of aromatic nitrogens is 2. The zero-order valence-corrected chi connectivity index (χ0v) is 16.7. The fourth-order valence-corrected chi connectivity index (χ4v) is 3.64. The second kappa shape index (κ2) is 7.94. The first kappa shape index (κ1) is 19.1. The summed E-state index contributed by atoms with van der Waals surface area (Å²) in [5, 5.41) is 3.27. The molecule has 0 aliphatic heterocycles. The number of halogens is 1. The molecule has 3 N–H and O–H groups in total. The number of nitrogens with zero attached hydrogens (tertiary/aromatic N) is 2. The average Bonchev–Trinajstić information content (AvgIpc) is 2.96. The number of hydrogen-bond donors (Lipinski definition) is 2. The van der Waals surface area contributed by atoms with Crippen LogP contribution in [0.1, 0.15) is 28.4 Å². The summed E-state index contributed by atoms with van der Waals surface area (Å²) >= 11 is 7.35. The van der Waals surface area contributed by atoms with Crippen LogP contribution in [-0.2, 0) is 0 Å². The van der Waals surface area contributed by atoms with E-state index in [1.165, 1.54) is 11.3 Å². The molecule has 1 amide bonds. The number of thiophene rings is 1. The van der Waals surface area contributed by atoms with Crippen molar-refractivity contribution in [3.8, 4) is 17.1 Å². The number of anilines is 2. The Bertz CT molecular complexity index is 950. The summed E-state index contributed by atoms with van der Waals surface area (Å²) in [6, 6.07) is 6.70. The molecule has 0 unspecified atom stereocenters. The minimum atomic E-state index is -0.240. The molecule has 6 nitrogen and oxygen atoms in total. The number of benzene rings is 1. The number of ether oxygens (including phenoxy) is 1. The van der Waals surface area contributed by atoms with Gasteiger partial charge in [0.05, 0.1) is 23.4 Å². The number of carbonyl (C=O) groups excluding carboxylic acids is 1. The number of nitrogens with one attached hydrogen (secondary N) is 1. The summed E-state index contributed by atoms with van der Waals surface area (Å²) in [6.45, 7) is 5.81. The second-order valence-electron chi connectivity index (χ2n) is 6.22. The predicted molar refractivity (Wildman–Crippen MR) is 110 cm³/mol. The summed E-state index contributed by atoms with van der Waals surface area (Å²) in [4.78, 5) is 22.8. The quantitative estimate of drug-likeness (QED) is 0.599. The highest BCUT2D eigenvalue weighted by Crippen LogP contribution is 2.30. The average molecular weight is 403 g/mol. The van der Waals surface area contributed by atoms with E-state index in [4.69, 9.17) is 22.1 Å². The molecule has 0 bridgehead atoms. The van der Waals surface area contributed by atoms with Crippen LogP contribution in [0.25, 0.3) is 11.4 Å². The first-order chi connectivity index (χ1) is 12.8. The SMILES string of the molecule is Cc1sc(C(=O)Nc2cc(N)cc(Cl)c2)cc1-c1ncc(OC(C)C)cn1. The largest absolute Gasteiger partial charge is 0.488 e. The van der Waals surface area contributed by atoms with Crippen LogP contribution in [0.15, 0.2) is 36.7 Å². The second-order valence-corrected chi connectivity index (χ2v) is 7.91. The standard InChI is InChI=1S/C19H19ClN4O2S/c1-10(2)26-15-8-22-18(23-9-15)16-7-17(27-11(16)3)19(25)24-14-5-12(20)4-13(21)6-14/h4-10H,21H2,1-3H3,(H,24,25). The number of rotatable bonds is 5. The summed E-state index contributed by atoms with van der Waals surface area (Å²) < 4.78 is 5.56. The van der Waals surface area contributed by atoms with E-state index in [0.717, 1.165) is 10.4 Å². The van der Waals surface area contributed by atoms with Crippen molar-refractivity contribution in [3.05, 3.63) is 51.4 Å². The molecule has 2 aromatic heterocycles. The number of carbonyl (C=O) groups is 1. The van der Waals surface area contributed by atoms with Gasteiger partial charge in [-0.3, -0.25) is 4.79 Å². The van der Waals surface area contributed by atoms with Crippen molar-refractivity contribution in [2.24, 2.45) is 0 Å². The molecule has 0 saturated carbocycles. The monoisotopic (exact) mass is 402 g/mol. The zero-order chi connectivity index (χ0) is 19.6. The summed E-state index contributed by atoms with van der Waals surface area (Å²) in [5.74, 6) is 0.917. The molecule has 3 aromatic rings. The minimum absolute atomic E-state index is 0.0539. The lowest BCUT2D eigenvalue weighted by Gasteiger charge is -2.08. The molecule has 0 fully saturated rings. The van der Waals surface area contributed by atoms with Crippen LogP contribution in [0.3, 0.4) is 0 Å². The summed E-state index contributed by atoms with van der Waals surface area (Å²) in [7, 11) is 0. The Balaban J connectivity index is 1.80. The van der Waals surface area contributed by atoms with E-state index < -0.39 is 0 Å². The van der Waals surface area contributed by atoms with Gasteiger partial charge in [0.1, 0.15) is 0 Å². The molecule has 2 heterocycles. The third-order valence-corrected chi connectivity index (χ3v) is 4.83. The first-order valence-electron chi connectivity index (χ1n) is 8.28. The van der Waals surface area contributed by atoms with Crippen LogP contribution < -0.4 is 15.8 Å². The van der Waals surface area contributed by atoms with Gasteiger partial charge in [-0.2, -0.15) is 0 Å². The fourth-order valence-electron chi connectivity index (χ4n) is 2.48. The van der Waals surface area contributed by atoms with Gasteiger partial charge in [-0.05, 0) is 45.0 Å². The lowest BCUT2D eigenvalue weighted by atomic mass is 10.2. The number of aryl methyl sites for hydroxylation is 1. The van der Waals surface area contributed by atoms with Gasteiger partial charge in [-0.15, -0.1) is 11.3 Å². The van der Waals surface area contributed by atoms with Gasteiger partial charge in [0, 0.05) is 26.8 Å². The highest BCUT2D eigenvalue weighted by molar-refractivity contribution is 7.14. The highest BCUT2D eigenvalue weighted by atomic mass is 35.5. The Morgan fingerprint density at radius 1 is 1.22 bits per heavy atom. The first-order valence-corrected chi connectivity index (χ1v) is 9.48. The van der Waals surface area contributed by atoms with E-state index in [2.05, 4.69) is 15.3 Å². The third kappa shape index (κ3) is 4.75. The maximum Gasteiger partial charge on any atom is 0.265 e. The topological polar surface area (TPSA) is 90.1 Å². The molecular formula is C19H19ClN4O2S. The van der Waals surface area contributed by atoms with Gasteiger partial charge in [-0.1, -0.05) is 11.6 Å². The van der Waals surface area contributed by atoms with Crippen molar-refractivity contribution in [2.75, 3.05) is 11.1 Å². The van der Waals surface area contributed by atoms with Gasteiger partial charge in [0.15, 0.2) is 11.6 Å². The van der Waals surface area contributed by atoms with Gasteiger partial charge in [-0.25, -0.2) is 9.97 Å². The van der Waals surface area contributed by atoms with E-state index >= 15 is 0 Å². The van der Waals surface area contributed by atoms with Crippen LogP contribution in [0.5, 0.6) is 5.75 Å². The van der Waals surface area contributed by atoms with Crippen molar-refractivity contribution in [3.63, 3.8) is 0 Å². The smallest absolute Gasteiger partial charge is 0.265 e. The van der Waals surface area contributed by atoms with Crippen molar-refractivity contribution < 1.29 is 9.53 Å². The van der Waals surface area contributed by atoms with Gasteiger partial charge < -0.3 is 15.8 Å². The third-order valence-electron chi connectivity index (χ3n) is 3.56. The molecule has 0 spiro atoms. The van der Waals surface area contributed by atoms with E-state index in [-0.39, 0.29) is 12.0 Å². The highest BCUT2D eigenvalue weighted by Gasteiger charge is 2.16. The Kier molecular flexibility index (Phi) is 5.62. The van der Waals surface area contributed by atoms with Crippen LogP contribution in [0, 0.1) is 6.92 Å². The van der Waals surface area contributed by atoms with Crippen molar-refractivity contribution >= 4 is 40.2 Å². The normalized spacial score (nSPS) is 10.9. The molecule has 0 aliphatic rings. The van der Waals surface area contributed by atoms with Gasteiger partial charge >= 0.3 is 0 Å². The van der Waals surface area contributed by atoms with Gasteiger partial charge in [0.2, 0.25) is 0 Å². The Hall–Kier alpha value is -2.64. The Morgan fingerprint density at radius 3 is 2.56 bits per heavy atom. The number of nitrogen functional groups attached to an aromatic ring is 1. The van der Waals surface area contributed by atoms with Crippen molar-refractivity contribution in [1.29, 1.82) is 0 Å². The zero-order valence-electron chi connectivity index (χ0n) is 15.1. The predicted octanol–water partition coefficient (Wildman–Crippen LogP) is 4.79. The van der Waals surface area contributed by atoms with Crippen LogP contribution in [-0.4, -0.2) is 22.0 Å². The maximum absolute atomic E-state index is 12.6. The minimum Gasteiger partial charge on any atom is -0.488 e. The van der Waals surface area contributed by atoms with E-state index in [0.29, 0.717) is 32.8 Å². The number of hydrogen-bond acceptors (Lipinski definition) is 6. The van der Waals surface area contributed by atoms with Crippen LogP contribution in [0.4, 0.5) is 11.4 Å². The summed E-state index contributed by atoms with van der Waals surface area (Å²) in [6.07, 6.45) is 3.32. The van der Waals surface area contributed by atoms with E-state index in [1.54, 1.807) is 36.7 Å². The van der Waals surface area contributed by atoms with Gasteiger partial charge in [0.25, 0.3) is 5.91 Å². The molecule has 27 heavy (non-hydrogen) atoms. The molecule has 1 aromatic carbocycles. The number of nitrogens with two attached hydrogens (primary N) is 1. The molecule has 0 atom stereocenters. The number of amides is 1. The lowest BCUT2D eigenvalue weighted by Crippen LogP contribution is -2.10. The van der Waals surface area contributed by atoms with Crippen LogP contribution >= 0.6 is 22.9 Å². The molecule has 140 valence electrons. The van der Waals surface area contributed by atoms with E-state index in [9.17, 15) is 4.79 Å². The van der Waals surface area contributed by atoms with E-state index in [1.807, 2.05) is 20.8 Å². The summed E-state index contributed by atoms with van der Waals surface area (Å²) in [5.41, 5.74) is 7.60. The molecule has 8 heteroatoms. The van der Waals surface area contributed by atoms with Crippen molar-refractivity contribution in [1.82, 2.24) is 9.97 Å². The molecule has 0 radical (unpaired) electrons. The lowest BCUT2D eigenvalue weighted by molar-refractivity contribution is 0.103. The molecule has 0 aliphatic carbocycles. The molecule has 0 saturated heterocycles. The van der Waals surface area contributed by atoms with Crippen LogP contribution in [0.2, 0.25) is 5.02 Å². The molecule has 3 rings (SSSR count). The maximum atomic E-state index is 12.6. The molecular weight excluding hydrogens is 384 g/mol.